The van der Waals surface area contributed by atoms with Crippen LogP contribution in [-0.2, 0) is 28.7 Å². The summed E-state index contributed by atoms with van der Waals surface area (Å²) in [6.07, 6.45) is 2.04. The van der Waals surface area contributed by atoms with E-state index in [2.05, 4.69) is 25.3 Å². The predicted octanol–water partition coefficient (Wildman–Crippen LogP) is 3.06. The topological polar surface area (TPSA) is 91.3 Å². The first-order valence-corrected chi connectivity index (χ1v) is 10.4. The van der Waals surface area contributed by atoms with E-state index in [0.717, 1.165) is 6.42 Å². The van der Waals surface area contributed by atoms with Gasteiger partial charge in [-0.2, -0.15) is 5.26 Å². The molecule has 0 aliphatic heterocycles. The molecule has 28 heavy (non-hydrogen) atoms. The van der Waals surface area contributed by atoms with E-state index in [-0.39, 0.29) is 24.6 Å². The van der Waals surface area contributed by atoms with Gasteiger partial charge in [-0.25, -0.2) is 0 Å². The largest absolute Gasteiger partial charge is 0.438 e. The van der Waals surface area contributed by atoms with Gasteiger partial charge >= 0.3 is 17.9 Å². The number of carbonyl (C=O) groups is 2. The Bertz CT molecular complexity index is 661. The summed E-state index contributed by atoms with van der Waals surface area (Å²) in [5, 5.41) is 8.69. The molecule has 4 aliphatic rings. The molecule has 0 spiro atoms. The molecule has 10 atom stereocenters. The molecule has 0 aromatic heterocycles. The zero-order valence-electron chi connectivity index (χ0n) is 16.7. The summed E-state index contributed by atoms with van der Waals surface area (Å²) < 4.78 is 15.6. The quantitative estimate of drug-likeness (QED) is 0.135. The monoisotopic (exact) mass is 394 g/mol. The van der Waals surface area contributed by atoms with Crippen molar-refractivity contribution in [2.75, 3.05) is 13.4 Å². The van der Waals surface area contributed by atoms with E-state index >= 15 is 0 Å². The van der Waals surface area contributed by atoms with Crippen LogP contribution < -0.4 is 0 Å². The highest BCUT2D eigenvalue weighted by Crippen LogP contribution is 2.72. The lowest BCUT2D eigenvalue weighted by molar-refractivity contribution is -0.243. The summed E-state index contributed by atoms with van der Waals surface area (Å²) in [6, 6.07) is 0. The van der Waals surface area contributed by atoms with Crippen molar-refractivity contribution in [2.45, 2.75) is 33.6 Å². The van der Waals surface area contributed by atoms with Gasteiger partial charge in [0.2, 0.25) is 0 Å². The maximum absolute atomic E-state index is 12.9. The van der Waals surface area contributed by atoms with Crippen LogP contribution in [0.1, 0.15) is 33.6 Å². The van der Waals surface area contributed by atoms with Crippen molar-refractivity contribution in [2.24, 2.45) is 59.2 Å². The van der Waals surface area contributed by atoms with Crippen LogP contribution in [0.15, 0.2) is 12.5 Å². The molecule has 1 N–H and O–H groups in total. The third kappa shape index (κ3) is 2.77. The van der Waals surface area contributed by atoms with Gasteiger partial charge in [0.15, 0.2) is 6.79 Å². The molecule has 7 nitrogen and oxygen atoms in total. The molecule has 0 amide bonds. The predicted molar refractivity (Wildman–Crippen MR) is 97.0 cm³/mol. The van der Waals surface area contributed by atoms with Crippen LogP contribution in [0.2, 0.25) is 0 Å². The van der Waals surface area contributed by atoms with Crippen LogP contribution in [0.25, 0.3) is 0 Å². The molecule has 0 aromatic rings. The van der Waals surface area contributed by atoms with Crippen molar-refractivity contribution in [1.82, 2.24) is 0 Å². The maximum atomic E-state index is 12.9. The summed E-state index contributed by atoms with van der Waals surface area (Å²) in [5.41, 5.74) is 0. The fourth-order valence-corrected chi connectivity index (χ4v) is 7.37. The van der Waals surface area contributed by atoms with E-state index in [9.17, 15) is 9.59 Å². The van der Waals surface area contributed by atoms with E-state index in [0.29, 0.717) is 42.1 Å². The number of hydrogen-bond acceptors (Lipinski definition) is 7. The molecule has 7 heteroatoms. The summed E-state index contributed by atoms with van der Waals surface area (Å²) in [7, 11) is 0. The van der Waals surface area contributed by atoms with Crippen LogP contribution in [-0.4, -0.2) is 30.6 Å². The fourth-order valence-electron chi connectivity index (χ4n) is 7.37. The molecule has 10 unspecified atom stereocenters. The van der Waals surface area contributed by atoms with Crippen LogP contribution in [0, 0.1) is 59.2 Å². The Morgan fingerprint density at radius 1 is 0.964 bits per heavy atom. The van der Waals surface area contributed by atoms with E-state index in [1.807, 2.05) is 6.92 Å². The van der Waals surface area contributed by atoms with Gasteiger partial charge in [-0.15, -0.1) is 0 Å². The molecule has 4 bridgehead atoms. The molecular formula is C21H30O7. The Hall–Kier alpha value is -1.60. The molecule has 156 valence electrons. The first-order valence-electron chi connectivity index (χ1n) is 10.4. The Balaban J connectivity index is 1.59. The van der Waals surface area contributed by atoms with Gasteiger partial charge in [0.1, 0.15) is 0 Å². The van der Waals surface area contributed by atoms with Gasteiger partial charge in [0, 0.05) is 6.61 Å². The van der Waals surface area contributed by atoms with Gasteiger partial charge in [-0.05, 0) is 73.7 Å². The molecule has 0 aromatic carbocycles. The number of rotatable bonds is 7. The average molecular weight is 394 g/mol. The van der Waals surface area contributed by atoms with E-state index in [1.165, 1.54) is 6.42 Å². The lowest BCUT2D eigenvalue weighted by Crippen LogP contribution is -2.47. The second-order valence-corrected chi connectivity index (χ2v) is 9.01. The van der Waals surface area contributed by atoms with E-state index in [4.69, 9.17) is 19.5 Å². The zero-order valence-corrected chi connectivity index (χ0v) is 16.7. The molecule has 4 fully saturated rings. The van der Waals surface area contributed by atoms with Gasteiger partial charge in [0.25, 0.3) is 0 Å². The maximum Gasteiger partial charge on any atom is 0.317 e. The fraction of sp³-hybridized carbons (Fsp3) is 0.810. The van der Waals surface area contributed by atoms with E-state index < -0.39 is 23.8 Å². The highest BCUT2D eigenvalue weighted by Gasteiger charge is 2.71. The van der Waals surface area contributed by atoms with Gasteiger partial charge in [0.05, 0.1) is 11.8 Å². The zero-order chi connectivity index (χ0) is 20.2. The number of esters is 2. The minimum Gasteiger partial charge on any atom is -0.438 e. The van der Waals surface area contributed by atoms with Crippen molar-refractivity contribution in [3.63, 3.8) is 0 Å². The number of carbonyl (C=O) groups excluding carboxylic acids is 2. The van der Waals surface area contributed by atoms with Gasteiger partial charge < -0.3 is 19.1 Å². The van der Waals surface area contributed by atoms with Crippen molar-refractivity contribution >= 4 is 11.9 Å². The van der Waals surface area contributed by atoms with E-state index in [1.54, 1.807) is 0 Å². The van der Waals surface area contributed by atoms with Gasteiger partial charge in [-0.1, -0.05) is 13.8 Å². The molecule has 4 saturated carbocycles. The number of hydrogen-bond donors (Lipinski definition) is 1. The van der Waals surface area contributed by atoms with Crippen LogP contribution in [0.3, 0.4) is 0 Å². The lowest BCUT2D eigenvalue weighted by Gasteiger charge is -2.45. The van der Waals surface area contributed by atoms with Crippen LogP contribution in [0.5, 0.6) is 0 Å². The summed E-state index contributed by atoms with van der Waals surface area (Å²) in [4.78, 5) is 29.7. The van der Waals surface area contributed by atoms with Gasteiger partial charge in [-0.3, -0.25) is 9.59 Å². The molecule has 0 heterocycles. The Morgan fingerprint density at radius 3 is 2.04 bits per heavy atom. The molecule has 0 radical (unpaired) electrons. The highest BCUT2D eigenvalue weighted by atomic mass is 17.1. The van der Waals surface area contributed by atoms with Crippen molar-refractivity contribution in [3.05, 3.63) is 12.5 Å². The minimum atomic E-state index is -0.589. The second kappa shape index (κ2) is 7.34. The lowest BCUT2D eigenvalue weighted by atomic mass is 9.59. The van der Waals surface area contributed by atoms with Crippen LogP contribution in [0.4, 0.5) is 0 Å². The van der Waals surface area contributed by atoms with Crippen molar-refractivity contribution < 1.29 is 33.9 Å². The highest BCUT2D eigenvalue weighted by molar-refractivity contribution is 5.84. The average Bonchev–Trinajstić information content (AvgIpc) is 3.40. The van der Waals surface area contributed by atoms with Crippen molar-refractivity contribution in [3.8, 4) is 0 Å². The summed E-state index contributed by atoms with van der Waals surface area (Å²) in [6.45, 7) is 10.2. The smallest absolute Gasteiger partial charge is 0.317 e. The SMILES string of the molecule is C=C(OO)OC(=O)C1C2CC(C1C(=O)OCOCC)C1C3CC(C(C)C3C)C21. The van der Waals surface area contributed by atoms with Crippen LogP contribution >= 0.6 is 0 Å². The molecule has 4 aliphatic carbocycles. The Kier molecular flexibility index (Phi) is 5.16. The van der Waals surface area contributed by atoms with Crippen molar-refractivity contribution in [1.29, 1.82) is 0 Å². The molecule has 0 saturated heterocycles. The first kappa shape index (κ1) is 19.7. The molecular weight excluding hydrogens is 364 g/mol. The third-order valence-electron chi connectivity index (χ3n) is 8.35. The summed E-state index contributed by atoms with van der Waals surface area (Å²) in [5.74, 6) is 1.14. The number of ether oxygens (including phenoxy) is 3. The first-order chi connectivity index (χ1) is 13.4. The Labute approximate surface area is 165 Å². The third-order valence-corrected chi connectivity index (χ3v) is 8.35. The normalized spacial score (nSPS) is 45.0. The summed E-state index contributed by atoms with van der Waals surface area (Å²) >= 11 is 0. The second-order valence-electron chi connectivity index (χ2n) is 9.01. The number of fused-ring (bicyclic) bond motifs is 9. The standard InChI is InChI=1S/C21H30O7/c1-5-25-8-26-20(22)18-14-7-15(19(18)21(23)27-11(4)28-24)17-13-6-12(16(14)17)9(2)10(13)3/h9-10,12-19,24H,4-8H2,1-3H3. The molecule has 4 rings (SSSR count). The Morgan fingerprint density at radius 2 is 1.50 bits per heavy atom. The minimum absolute atomic E-state index is 0.101.